The SMILES string of the molecule is Clc1ccc(-c2cn[c]nc2-c2cccc(Cl)c2Cl)cc1. The van der Waals surface area contributed by atoms with E-state index in [0.717, 1.165) is 16.7 Å². The Morgan fingerprint density at radius 2 is 1.62 bits per heavy atom. The maximum absolute atomic E-state index is 6.29. The number of rotatable bonds is 2. The molecule has 1 aromatic heterocycles. The van der Waals surface area contributed by atoms with Crippen LogP contribution in [0.25, 0.3) is 22.4 Å². The van der Waals surface area contributed by atoms with Gasteiger partial charge in [-0.05, 0) is 23.8 Å². The number of benzene rings is 2. The fourth-order valence-electron chi connectivity index (χ4n) is 2.03. The van der Waals surface area contributed by atoms with E-state index in [1.54, 1.807) is 12.3 Å². The van der Waals surface area contributed by atoms with Crippen molar-refractivity contribution in [3.8, 4) is 22.4 Å². The summed E-state index contributed by atoms with van der Waals surface area (Å²) in [5.41, 5.74) is 3.21. The number of hydrogen-bond donors (Lipinski definition) is 0. The number of halogens is 3. The zero-order valence-electron chi connectivity index (χ0n) is 10.6. The second kappa shape index (κ2) is 6.02. The normalized spacial score (nSPS) is 10.6. The Bertz CT molecular complexity index is 786. The summed E-state index contributed by atoms with van der Waals surface area (Å²) in [6, 6.07) is 12.9. The van der Waals surface area contributed by atoms with Crippen LogP contribution in [0, 0.1) is 6.33 Å². The van der Waals surface area contributed by atoms with Crippen LogP contribution in [0.15, 0.2) is 48.7 Å². The Labute approximate surface area is 137 Å². The summed E-state index contributed by atoms with van der Waals surface area (Å²) < 4.78 is 0. The van der Waals surface area contributed by atoms with Gasteiger partial charge in [0.05, 0.1) is 15.7 Å². The van der Waals surface area contributed by atoms with Crippen LogP contribution in [0.3, 0.4) is 0 Å². The third kappa shape index (κ3) is 2.88. The second-order valence-electron chi connectivity index (χ2n) is 4.34. The maximum atomic E-state index is 6.29. The molecule has 0 saturated carbocycles. The average Bonchev–Trinajstić information content (AvgIpc) is 2.51. The highest BCUT2D eigenvalue weighted by Crippen LogP contribution is 2.37. The van der Waals surface area contributed by atoms with Crippen molar-refractivity contribution in [1.29, 1.82) is 0 Å². The minimum atomic E-state index is 0.460. The van der Waals surface area contributed by atoms with E-state index in [4.69, 9.17) is 34.8 Å². The molecule has 0 aliphatic rings. The molecule has 1 heterocycles. The summed E-state index contributed by atoms with van der Waals surface area (Å²) >= 11 is 18.3. The number of nitrogens with zero attached hydrogens (tertiary/aromatic N) is 2. The summed E-state index contributed by atoms with van der Waals surface area (Å²) in [6.45, 7) is 0. The van der Waals surface area contributed by atoms with Gasteiger partial charge in [-0.3, -0.25) is 0 Å². The van der Waals surface area contributed by atoms with E-state index in [1.807, 2.05) is 36.4 Å². The van der Waals surface area contributed by atoms with Crippen LogP contribution >= 0.6 is 34.8 Å². The fraction of sp³-hybridized carbons (Fsp3) is 0. The second-order valence-corrected chi connectivity index (χ2v) is 5.56. The van der Waals surface area contributed by atoms with Crippen molar-refractivity contribution in [3.05, 3.63) is 70.1 Å². The molecular weight excluding hydrogens is 327 g/mol. The molecule has 2 nitrogen and oxygen atoms in total. The molecule has 2 aromatic carbocycles. The van der Waals surface area contributed by atoms with Crippen molar-refractivity contribution < 1.29 is 0 Å². The van der Waals surface area contributed by atoms with Crippen molar-refractivity contribution in [3.63, 3.8) is 0 Å². The molecule has 5 heteroatoms. The third-order valence-corrected chi connectivity index (χ3v) is 4.10. The van der Waals surface area contributed by atoms with E-state index < -0.39 is 0 Å². The fourth-order valence-corrected chi connectivity index (χ4v) is 2.54. The first-order chi connectivity index (χ1) is 10.2. The smallest absolute Gasteiger partial charge is 0.198 e. The Kier molecular flexibility index (Phi) is 4.11. The van der Waals surface area contributed by atoms with Crippen LogP contribution in [0.2, 0.25) is 15.1 Å². The first-order valence-corrected chi connectivity index (χ1v) is 7.23. The van der Waals surface area contributed by atoms with Crippen LogP contribution in [-0.2, 0) is 0 Å². The monoisotopic (exact) mass is 333 g/mol. The maximum Gasteiger partial charge on any atom is 0.198 e. The average molecular weight is 335 g/mol. The highest BCUT2D eigenvalue weighted by Gasteiger charge is 2.14. The van der Waals surface area contributed by atoms with Gasteiger partial charge < -0.3 is 0 Å². The van der Waals surface area contributed by atoms with E-state index >= 15 is 0 Å². The van der Waals surface area contributed by atoms with E-state index in [0.29, 0.717) is 20.8 Å². The lowest BCUT2D eigenvalue weighted by molar-refractivity contribution is 1.16. The first-order valence-electron chi connectivity index (χ1n) is 6.10. The van der Waals surface area contributed by atoms with Gasteiger partial charge >= 0.3 is 0 Å². The van der Waals surface area contributed by atoms with Crippen molar-refractivity contribution in [2.45, 2.75) is 0 Å². The minimum absolute atomic E-state index is 0.460. The first kappa shape index (κ1) is 14.3. The lowest BCUT2D eigenvalue weighted by atomic mass is 10.0. The molecule has 0 aliphatic carbocycles. The number of aromatic nitrogens is 2. The molecule has 0 bridgehead atoms. The summed E-state index contributed by atoms with van der Waals surface area (Å²) in [7, 11) is 0. The van der Waals surface area contributed by atoms with Crippen LogP contribution in [0.1, 0.15) is 0 Å². The number of hydrogen-bond acceptors (Lipinski definition) is 2. The van der Waals surface area contributed by atoms with Gasteiger partial charge in [0.15, 0.2) is 6.33 Å². The van der Waals surface area contributed by atoms with Crippen LogP contribution < -0.4 is 0 Å². The van der Waals surface area contributed by atoms with Crippen molar-refractivity contribution in [2.24, 2.45) is 0 Å². The van der Waals surface area contributed by atoms with Gasteiger partial charge in [0.25, 0.3) is 0 Å². The molecule has 0 unspecified atom stereocenters. The van der Waals surface area contributed by atoms with E-state index in [1.165, 1.54) is 0 Å². The quantitative estimate of drug-likeness (QED) is 0.612. The molecule has 1 radical (unpaired) electrons. The molecule has 103 valence electrons. The molecule has 3 aromatic rings. The lowest BCUT2D eigenvalue weighted by Gasteiger charge is -2.10. The molecule has 0 amide bonds. The van der Waals surface area contributed by atoms with Gasteiger partial charge in [-0.1, -0.05) is 59.1 Å². The minimum Gasteiger partial charge on any atom is -0.233 e. The van der Waals surface area contributed by atoms with Crippen LogP contribution in [0.5, 0.6) is 0 Å². The van der Waals surface area contributed by atoms with E-state index in [2.05, 4.69) is 16.3 Å². The predicted octanol–water partition coefficient (Wildman–Crippen LogP) is 5.57. The molecule has 0 fully saturated rings. The zero-order chi connectivity index (χ0) is 14.8. The molecule has 0 spiro atoms. The van der Waals surface area contributed by atoms with Crippen LogP contribution in [-0.4, -0.2) is 9.97 Å². The Morgan fingerprint density at radius 3 is 2.38 bits per heavy atom. The van der Waals surface area contributed by atoms with E-state index in [9.17, 15) is 0 Å². The van der Waals surface area contributed by atoms with Gasteiger partial charge in [0.2, 0.25) is 0 Å². The van der Waals surface area contributed by atoms with Gasteiger partial charge in [0, 0.05) is 22.3 Å². The standard InChI is InChI=1S/C16H8Cl3N2/c17-11-6-4-10(5-7-11)13-8-20-9-21-16(13)12-2-1-3-14(18)15(12)19/h1-8H. The summed E-state index contributed by atoms with van der Waals surface area (Å²) in [6.07, 6.45) is 4.30. The Morgan fingerprint density at radius 1 is 0.857 bits per heavy atom. The molecule has 0 N–H and O–H groups in total. The van der Waals surface area contributed by atoms with Gasteiger partial charge in [-0.25, -0.2) is 9.97 Å². The van der Waals surface area contributed by atoms with Gasteiger partial charge in [-0.2, -0.15) is 0 Å². The van der Waals surface area contributed by atoms with Crippen molar-refractivity contribution in [2.75, 3.05) is 0 Å². The topological polar surface area (TPSA) is 25.8 Å². The summed E-state index contributed by atoms with van der Waals surface area (Å²) in [4.78, 5) is 8.21. The highest BCUT2D eigenvalue weighted by molar-refractivity contribution is 6.43. The lowest BCUT2D eigenvalue weighted by Crippen LogP contribution is -1.92. The Hall–Kier alpha value is -1.61. The molecular formula is C16H8Cl3N2. The highest BCUT2D eigenvalue weighted by atomic mass is 35.5. The van der Waals surface area contributed by atoms with E-state index in [-0.39, 0.29) is 0 Å². The summed E-state index contributed by atoms with van der Waals surface area (Å²) in [5, 5.41) is 1.61. The molecule has 0 aliphatic heterocycles. The molecule has 0 atom stereocenters. The summed E-state index contributed by atoms with van der Waals surface area (Å²) in [5.74, 6) is 0. The molecule has 3 rings (SSSR count). The third-order valence-electron chi connectivity index (χ3n) is 3.03. The van der Waals surface area contributed by atoms with Gasteiger partial charge in [-0.15, -0.1) is 0 Å². The van der Waals surface area contributed by atoms with Crippen molar-refractivity contribution in [1.82, 2.24) is 9.97 Å². The van der Waals surface area contributed by atoms with Crippen LogP contribution in [0.4, 0.5) is 0 Å². The predicted molar refractivity (Wildman–Crippen MR) is 86.8 cm³/mol. The van der Waals surface area contributed by atoms with Crippen molar-refractivity contribution >= 4 is 34.8 Å². The van der Waals surface area contributed by atoms with Gasteiger partial charge in [0.1, 0.15) is 0 Å². The zero-order valence-corrected chi connectivity index (χ0v) is 12.9. The molecule has 0 saturated heterocycles. The molecule has 21 heavy (non-hydrogen) atoms. The Balaban J connectivity index is 2.21. The largest absolute Gasteiger partial charge is 0.233 e.